The van der Waals surface area contributed by atoms with Gasteiger partial charge in [-0.3, -0.25) is 0 Å². The van der Waals surface area contributed by atoms with E-state index >= 15 is 0 Å². The molecule has 0 aliphatic heterocycles. The third kappa shape index (κ3) is 8.92. The molecule has 0 nitrogen and oxygen atoms in total. The van der Waals surface area contributed by atoms with E-state index in [0.29, 0.717) is 0 Å². The van der Waals surface area contributed by atoms with E-state index < -0.39 is 0 Å². The number of halogens is 2. The van der Waals surface area contributed by atoms with Gasteiger partial charge in [-0.2, -0.15) is 18.2 Å². The molecule has 1 unspecified atom stereocenters. The summed E-state index contributed by atoms with van der Waals surface area (Å²) in [6.45, 7) is 0. The van der Waals surface area contributed by atoms with Gasteiger partial charge in [-0.25, -0.2) is 30.2 Å². The Hall–Kier alpha value is -1.15. The third-order valence-corrected chi connectivity index (χ3v) is 6.31. The fourth-order valence-corrected chi connectivity index (χ4v) is 4.18. The molecule has 2 aliphatic rings. The second-order valence-corrected chi connectivity index (χ2v) is 8.11. The second kappa shape index (κ2) is 15.6. The topological polar surface area (TPSA) is 0 Å². The molecule has 0 radical (unpaired) electrons. The number of benzene rings is 2. The van der Waals surface area contributed by atoms with Gasteiger partial charge in [0.1, 0.15) is 0 Å². The Morgan fingerprint density at radius 1 is 0.800 bits per heavy atom. The average Bonchev–Trinajstić information content (AvgIpc) is 3.50. The van der Waals surface area contributed by atoms with E-state index in [2.05, 4.69) is 85.3 Å². The summed E-state index contributed by atoms with van der Waals surface area (Å²) >= 11 is 1.46. The van der Waals surface area contributed by atoms with Crippen LogP contribution in [0.3, 0.4) is 0 Å². The van der Waals surface area contributed by atoms with Crippen molar-refractivity contribution in [1.29, 1.82) is 0 Å². The predicted octanol–water partition coefficient (Wildman–Crippen LogP) is 0.703. The molecule has 1 saturated carbocycles. The Kier molecular flexibility index (Phi) is 14.0. The Labute approximate surface area is 217 Å². The number of allylic oxidation sites excluding steroid dienone is 4. The Morgan fingerprint density at radius 3 is 1.83 bits per heavy atom. The van der Waals surface area contributed by atoms with Crippen molar-refractivity contribution in [3.05, 3.63) is 132 Å². The molecule has 0 N–H and O–H groups in total. The molecule has 0 heterocycles. The molecule has 154 valence electrons. The van der Waals surface area contributed by atoms with Gasteiger partial charge in [0.2, 0.25) is 0 Å². The third-order valence-electron chi connectivity index (χ3n) is 4.89. The number of hydrogen-bond acceptors (Lipinski definition) is 0. The molecular weight excluding hydrogens is 575 g/mol. The van der Waals surface area contributed by atoms with Crippen molar-refractivity contribution in [2.75, 3.05) is 0 Å². The average molecular weight is 602 g/mol. The quantitative estimate of drug-likeness (QED) is 0.380. The fraction of sp³-hybridized carbons (Fsp3) is 0.148. The monoisotopic (exact) mass is 598 g/mol. The Morgan fingerprint density at radius 2 is 1.37 bits per heavy atom. The van der Waals surface area contributed by atoms with E-state index in [0.717, 1.165) is 5.92 Å². The van der Waals surface area contributed by atoms with Gasteiger partial charge in [0.05, 0.1) is 0 Å². The van der Waals surface area contributed by atoms with Gasteiger partial charge in [0.25, 0.3) is 0 Å². The molecule has 0 spiro atoms. The van der Waals surface area contributed by atoms with Crippen LogP contribution in [0.25, 0.3) is 0 Å². The maximum Gasteiger partial charge on any atom is -0.172 e. The summed E-state index contributed by atoms with van der Waals surface area (Å²) in [4.78, 5) is 0. The van der Waals surface area contributed by atoms with Crippen LogP contribution in [0.1, 0.15) is 30.4 Å². The van der Waals surface area contributed by atoms with Crippen LogP contribution in [0, 0.1) is 12.3 Å². The van der Waals surface area contributed by atoms with Crippen LogP contribution in [0.15, 0.2) is 115 Å². The van der Waals surface area contributed by atoms with Crippen molar-refractivity contribution in [1.82, 2.24) is 0 Å². The molecule has 1 atom stereocenters. The van der Waals surface area contributed by atoms with E-state index in [1.54, 1.807) is 5.57 Å². The van der Waals surface area contributed by atoms with Crippen molar-refractivity contribution in [2.24, 2.45) is 5.92 Å². The number of hydrogen-bond donors (Lipinski definition) is 0. The first kappa shape index (κ1) is 26.9. The molecule has 3 aromatic rings. The molecule has 30 heavy (non-hydrogen) atoms. The van der Waals surface area contributed by atoms with Crippen molar-refractivity contribution in [3.8, 4) is 0 Å². The van der Waals surface area contributed by atoms with Gasteiger partial charge in [-0.05, 0) is 12.3 Å². The fourth-order valence-electron chi connectivity index (χ4n) is 3.36. The van der Waals surface area contributed by atoms with Gasteiger partial charge < -0.3 is 34.0 Å². The maximum absolute atomic E-state index is 2.37. The van der Waals surface area contributed by atoms with E-state index in [4.69, 9.17) is 0 Å². The van der Waals surface area contributed by atoms with Crippen molar-refractivity contribution in [3.63, 3.8) is 0 Å². The zero-order valence-electron chi connectivity index (χ0n) is 16.9. The van der Waals surface area contributed by atoms with Crippen LogP contribution in [0.4, 0.5) is 0 Å². The number of rotatable bonds is 2. The van der Waals surface area contributed by atoms with Gasteiger partial charge >= 0.3 is 99.2 Å². The van der Waals surface area contributed by atoms with Crippen LogP contribution >= 0.6 is 0 Å². The van der Waals surface area contributed by atoms with Crippen molar-refractivity contribution in [2.45, 2.75) is 19.3 Å². The molecule has 0 aromatic heterocycles. The minimum absolute atomic E-state index is 0. The predicted molar refractivity (Wildman–Crippen MR) is 117 cm³/mol. The maximum atomic E-state index is 2.37. The minimum atomic E-state index is 0. The standard InChI is InChI=1S/C13H10.C9H11.C5H5.2BrH.Zr/c1-3-7-12(8-4-1)11-13-9-5-2-6-10-13;1-2-5-9-7-3-6-8(9)4-1;1-2-4-5-3-1;;;/h1-10H;1-2,4,6,9H,3,5,7H2;1-5H;2*1H;/q;2*-1;;;+2/p-2. The first-order valence-electron chi connectivity index (χ1n) is 9.90. The zero-order valence-corrected chi connectivity index (χ0v) is 22.6. The van der Waals surface area contributed by atoms with E-state index in [-0.39, 0.29) is 34.0 Å². The van der Waals surface area contributed by atoms with Gasteiger partial charge in [0.15, 0.2) is 0 Å². The molecule has 3 aromatic carbocycles. The van der Waals surface area contributed by atoms with Gasteiger partial charge in [-0.15, -0.1) is 18.6 Å². The second-order valence-electron chi connectivity index (χ2n) is 6.88. The summed E-state index contributed by atoms with van der Waals surface area (Å²) in [7, 11) is 0. The zero-order chi connectivity index (χ0) is 19.4. The summed E-state index contributed by atoms with van der Waals surface area (Å²) in [5.41, 5.74) is 4.24. The summed E-state index contributed by atoms with van der Waals surface area (Å²) in [6.07, 6.45) is 13.0. The van der Waals surface area contributed by atoms with Crippen LogP contribution in [-0.2, 0) is 24.2 Å². The smallest absolute Gasteiger partial charge is 0.172 e. The largest absolute Gasteiger partial charge is 0.214 e. The summed E-state index contributed by atoms with van der Waals surface area (Å²) in [5.74, 6) is 0.884. The number of fused-ring (bicyclic) bond motifs is 1. The summed E-state index contributed by atoms with van der Waals surface area (Å²) < 4.78 is 1.42. The molecule has 0 bridgehead atoms. The Bertz CT molecular complexity index is 822. The molecule has 3 heteroatoms. The SMILES string of the molecule is C1=CCC2CC[CH-]C2=C1.[Br-].[Br-].[Zr+2]=[C](c1ccccc1)c1ccccc1.c1cc[cH-]c1. The Balaban J connectivity index is 0.000000242. The normalized spacial score (nSPS) is 15.3. The van der Waals surface area contributed by atoms with Crippen LogP contribution in [-0.4, -0.2) is 3.21 Å². The van der Waals surface area contributed by atoms with Crippen molar-refractivity contribution >= 4 is 3.21 Å². The van der Waals surface area contributed by atoms with E-state index in [1.165, 1.54) is 57.8 Å². The first-order valence-corrected chi connectivity index (χ1v) is 11.1. The first-order chi connectivity index (χ1) is 13.8. The molecule has 0 saturated heterocycles. The summed E-state index contributed by atoms with van der Waals surface area (Å²) in [5, 5.41) is 0. The van der Waals surface area contributed by atoms with Crippen LogP contribution in [0.5, 0.6) is 0 Å². The van der Waals surface area contributed by atoms with E-state index in [9.17, 15) is 0 Å². The molecule has 0 amide bonds. The molecule has 2 aliphatic carbocycles. The van der Waals surface area contributed by atoms with E-state index in [1.807, 2.05) is 30.3 Å². The van der Waals surface area contributed by atoms with Gasteiger partial charge in [-0.1, -0.05) is 6.42 Å². The minimum Gasteiger partial charge on any atom is -0.214 e. The molecule has 1 fully saturated rings. The molecular formula is C27H26Br2Zr-2. The molecule has 5 rings (SSSR count). The van der Waals surface area contributed by atoms with Crippen LogP contribution < -0.4 is 34.0 Å². The van der Waals surface area contributed by atoms with Gasteiger partial charge in [0, 0.05) is 0 Å². The summed E-state index contributed by atoms with van der Waals surface area (Å²) in [6, 6.07) is 31.1. The van der Waals surface area contributed by atoms with Crippen molar-refractivity contribution < 1.29 is 58.2 Å². The van der Waals surface area contributed by atoms with Crippen LogP contribution in [0.2, 0.25) is 0 Å².